The van der Waals surface area contributed by atoms with Gasteiger partial charge in [-0.2, -0.15) is 0 Å². The third-order valence-electron chi connectivity index (χ3n) is 5.72. The third kappa shape index (κ3) is 7.25. The largest absolute Gasteiger partial charge is 0.487 e. The molecule has 3 heterocycles. The number of carbonyl (C=O) groups excluding carboxylic acids is 3. The Morgan fingerprint density at radius 2 is 2.14 bits per heavy atom. The second-order valence-corrected chi connectivity index (χ2v) is 8.70. The third-order valence-corrected chi connectivity index (χ3v) is 5.72. The number of rotatable bonds is 9. The number of urea groups is 1. The van der Waals surface area contributed by atoms with Crippen molar-refractivity contribution in [3.63, 3.8) is 0 Å². The standard InChI is InChI=1S/C26H32N6O5/c1-6-7-19-13-27-23(12-22(19)37-18(2)17-36-5)29-26(35)31(4)24-9-8-20(21(16-33)28-24)14-32-11-10-30(3)15-25(32)34/h8-9,12-13,16,18H,10-11,14-15,17H2,1-5H3,(H,27,29,35)/t18-/m1/s1. The van der Waals surface area contributed by atoms with Crippen LogP contribution < -0.4 is 15.0 Å². The summed E-state index contributed by atoms with van der Waals surface area (Å²) in [6.07, 6.45) is 1.92. The maximum Gasteiger partial charge on any atom is 0.328 e. The molecule has 1 aliphatic heterocycles. The van der Waals surface area contributed by atoms with Gasteiger partial charge in [-0.1, -0.05) is 12.0 Å². The zero-order valence-electron chi connectivity index (χ0n) is 21.8. The number of anilines is 2. The van der Waals surface area contributed by atoms with E-state index in [2.05, 4.69) is 27.1 Å². The molecular weight excluding hydrogens is 476 g/mol. The monoisotopic (exact) mass is 508 g/mol. The van der Waals surface area contributed by atoms with Gasteiger partial charge in [0, 0.05) is 51.6 Å². The Morgan fingerprint density at radius 1 is 1.35 bits per heavy atom. The first-order valence-corrected chi connectivity index (χ1v) is 11.8. The van der Waals surface area contributed by atoms with E-state index in [9.17, 15) is 14.4 Å². The van der Waals surface area contributed by atoms with E-state index in [4.69, 9.17) is 9.47 Å². The molecular formula is C26H32N6O5. The van der Waals surface area contributed by atoms with Gasteiger partial charge in [-0.05, 0) is 27.0 Å². The molecule has 11 heteroatoms. The van der Waals surface area contributed by atoms with Crippen molar-refractivity contribution in [3.8, 4) is 17.6 Å². The minimum Gasteiger partial charge on any atom is -0.487 e. The molecule has 2 aromatic heterocycles. The van der Waals surface area contributed by atoms with Gasteiger partial charge >= 0.3 is 6.03 Å². The summed E-state index contributed by atoms with van der Waals surface area (Å²) in [6, 6.07) is 4.43. The van der Waals surface area contributed by atoms with E-state index < -0.39 is 6.03 Å². The van der Waals surface area contributed by atoms with E-state index in [0.717, 1.165) is 6.54 Å². The highest BCUT2D eigenvalue weighted by Gasteiger charge is 2.23. The summed E-state index contributed by atoms with van der Waals surface area (Å²) in [5.74, 6) is 6.75. The fourth-order valence-corrected chi connectivity index (χ4v) is 3.73. The van der Waals surface area contributed by atoms with E-state index in [1.54, 1.807) is 37.1 Å². The summed E-state index contributed by atoms with van der Waals surface area (Å²) in [5.41, 5.74) is 1.38. The van der Waals surface area contributed by atoms with Crippen molar-refractivity contribution in [1.82, 2.24) is 19.8 Å². The lowest BCUT2D eigenvalue weighted by atomic mass is 10.1. The number of aldehydes is 1. The molecule has 1 aliphatic rings. The van der Waals surface area contributed by atoms with Crippen LogP contribution in [0, 0.1) is 11.8 Å². The van der Waals surface area contributed by atoms with E-state index in [-0.39, 0.29) is 35.9 Å². The highest BCUT2D eigenvalue weighted by molar-refractivity contribution is 6.00. The van der Waals surface area contributed by atoms with Crippen LogP contribution in [0.5, 0.6) is 5.75 Å². The van der Waals surface area contributed by atoms with Crippen molar-refractivity contribution < 1.29 is 23.9 Å². The average molecular weight is 509 g/mol. The van der Waals surface area contributed by atoms with Crippen LogP contribution in [0.25, 0.3) is 0 Å². The summed E-state index contributed by atoms with van der Waals surface area (Å²) in [4.78, 5) is 50.5. The van der Waals surface area contributed by atoms with Crippen LogP contribution >= 0.6 is 0 Å². The summed E-state index contributed by atoms with van der Waals surface area (Å²) in [7, 11) is 5.01. The smallest absolute Gasteiger partial charge is 0.328 e. The topological polar surface area (TPSA) is 117 Å². The first kappa shape index (κ1) is 27.6. The number of likely N-dealkylation sites (N-methyl/N-ethyl adjacent to an activating group) is 1. The van der Waals surface area contributed by atoms with Crippen LogP contribution in [0.3, 0.4) is 0 Å². The zero-order chi connectivity index (χ0) is 26.9. The van der Waals surface area contributed by atoms with Crippen molar-refractivity contribution in [1.29, 1.82) is 0 Å². The molecule has 3 amide bonds. The summed E-state index contributed by atoms with van der Waals surface area (Å²) in [6.45, 7) is 5.90. The van der Waals surface area contributed by atoms with E-state index in [1.165, 1.54) is 18.1 Å². The Labute approximate surface area is 216 Å². The molecule has 1 N–H and O–H groups in total. The minimum absolute atomic E-state index is 0.00503. The molecule has 196 valence electrons. The Morgan fingerprint density at radius 3 is 2.81 bits per heavy atom. The number of nitrogens with zero attached hydrogens (tertiary/aromatic N) is 5. The number of aromatic nitrogens is 2. The number of pyridine rings is 2. The fraction of sp³-hybridized carbons (Fsp3) is 0.423. The maximum absolute atomic E-state index is 12.9. The number of amides is 3. The van der Waals surface area contributed by atoms with E-state index in [1.807, 2.05) is 18.9 Å². The number of piperazine rings is 1. The highest BCUT2D eigenvalue weighted by Crippen LogP contribution is 2.23. The SMILES string of the molecule is CC#Cc1cnc(NC(=O)N(C)c2ccc(CN3CCN(C)CC3=O)c(C=O)n2)cc1O[C@H](C)COC. The second kappa shape index (κ2) is 12.8. The molecule has 11 nitrogen and oxygen atoms in total. The lowest BCUT2D eigenvalue weighted by Gasteiger charge is -2.32. The molecule has 0 aliphatic carbocycles. The van der Waals surface area contributed by atoms with Gasteiger partial charge < -0.3 is 14.4 Å². The molecule has 1 saturated heterocycles. The van der Waals surface area contributed by atoms with Gasteiger partial charge in [0.05, 0.1) is 18.7 Å². The van der Waals surface area contributed by atoms with Crippen LogP contribution in [-0.4, -0.2) is 91.5 Å². The first-order valence-electron chi connectivity index (χ1n) is 11.8. The van der Waals surface area contributed by atoms with Crippen LogP contribution in [0.15, 0.2) is 24.4 Å². The molecule has 0 spiro atoms. The van der Waals surface area contributed by atoms with Gasteiger partial charge in [-0.15, -0.1) is 5.92 Å². The molecule has 0 aromatic carbocycles. The molecule has 0 unspecified atom stereocenters. The van der Waals surface area contributed by atoms with Crippen LogP contribution in [0.1, 0.15) is 35.5 Å². The fourth-order valence-electron chi connectivity index (χ4n) is 3.73. The number of ether oxygens (including phenoxy) is 2. The number of carbonyl (C=O) groups is 3. The average Bonchev–Trinajstić information content (AvgIpc) is 2.87. The molecule has 2 aromatic rings. The number of hydrogen-bond donors (Lipinski definition) is 1. The van der Waals surface area contributed by atoms with Crippen molar-refractivity contribution in [2.45, 2.75) is 26.5 Å². The molecule has 3 rings (SSSR count). The van der Waals surface area contributed by atoms with Crippen molar-refractivity contribution in [3.05, 3.63) is 41.2 Å². The van der Waals surface area contributed by atoms with Gasteiger partial charge in [-0.25, -0.2) is 14.8 Å². The quantitative estimate of drug-likeness (QED) is 0.404. The lowest BCUT2D eigenvalue weighted by Crippen LogP contribution is -2.48. The number of hydrogen-bond acceptors (Lipinski definition) is 8. The van der Waals surface area contributed by atoms with E-state index >= 15 is 0 Å². The van der Waals surface area contributed by atoms with Crippen molar-refractivity contribution in [2.75, 3.05) is 57.7 Å². The van der Waals surface area contributed by atoms with Gasteiger partial charge in [0.15, 0.2) is 6.29 Å². The summed E-state index contributed by atoms with van der Waals surface area (Å²) in [5, 5.41) is 2.71. The van der Waals surface area contributed by atoms with Gasteiger partial charge in [-0.3, -0.25) is 24.7 Å². The summed E-state index contributed by atoms with van der Waals surface area (Å²) < 4.78 is 11.0. The Bertz CT molecular complexity index is 1210. The van der Waals surface area contributed by atoms with Crippen LogP contribution in [-0.2, 0) is 16.1 Å². The predicted molar refractivity (Wildman–Crippen MR) is 139 cm³/mol. The van der Waals surface area contributed by atoms with Gasteiger partial charge in [0.25, 0.3) is 0 Å². The molecule has 0 saturated carbocycles. The van der Waals surface area contributed by atoms with Crippen LogP contribution in [0.4, 0.5) is 16.4 Å². The highest BCUT2D eigenvalue weighted by atomic mass is 16.5. The second-order valence-electron chi connectivity index (χ2n) is 8.70. The minimum atomic E-state index is -0.510. The van der Waals surface area contributed by atoms with Crippen molar-refractivity contribution >= 4 is 29.9 Å². The Balaban J connectivity index is 1.74. The Hall–Kier alpha value is -4.01. The zero-order valence-corrected chi connectivity index (χ0v) is 21.8. The van der Waals surface area contributed by atoms with Gasteiger partial charge in [0.2, 0.25) is 5.91 Å². The van der Waals surface area contributed by atoms with Gasteiger partial charge in [0.1, 0.15) is 29.2 Å². The predicted octanol–water partition coefficient (Wildman–Crippen LogP) is 2.02. The normalized spacial score (nSPS) is 14.4. The summed E-state index contributed by atoms with van der Waals surface area (Å²) >= 11 is 0. The molecule has 0 radical (unpaired) electrons. The van der Waals surface area contributed by atoms with Crippen molar-refractivity contribution in [2.24, 2.45) is 0 Å². The maximum atomic E-state index is 12.9. The lowest BCUT2D eigenvalue weighted by molar-refractivity contribution is -0.136. The molecule has 37 heavy (non-hydrogen) atoms. The molecule has 0 bridgehead atoms. The molecule has 1 atom stereocenters. The molecule has 1 fully saturated rings. The number of methoxy groups -OCH3 is 1. The van der Waals surface area contributed by atoms with Crippen LogP contribution in [0.2, 0.25) is 0 Å². The number of nitrogens with one attached hydrogen (secondary N) is 1. The van der Waals surface area contributed by atoms with E-state index in [0.29, 0.717) is 42.9 Å². The Kier molecular flexibility index (Phi) is 9.54. The first-order chi connectivity index (χ1) is 17.7.